The number of furan rings is 1. The van der Waals surface area contributed by atoms with Gasteiger partial charge in [-0.05, 0) is 26.2 Å². The predicted molar refractivity (Wildman–Crippen MR) is 87.7 cm³/mol. The van der Waals surface area contributed by atoms with Crippen LogP contribution in [0, 0.1) is 0 Å². The van der Waals surface area contributed by atoms with Crippen molar-refractivity contribution in [3.05, 3.63) is 40.2 Å². The quantitative estimate of drug-likeness (QED) is 0.888. The third-order valence-corrected chi connectivity index (χ3v) is 4.65. The number of thiazole rings is 1. The molecule has 1 N–H and O–H groups in total. The first kappa shape index (κ1) is 16.2. The minimum absolute atomic E-state index is 0.128. The van der Waals surface area contributed by atoms with Gasteiger partial charge in [0.15, 0.2) is 0 Å². The van der Waals surface area contributed by atoms with Crippen molar-refractivity contribution in [3.8, 4) is 0 Å². The molecule has 0 fully saturated rings. The summed E-state index contributed by atoms with van der Waals surface area (Å²) >= 11 is 1.74. The van der Waals surface area contributed by atoms with Crippen molar-refractivity contribution < 1.29 is 4.42 Å². The van der Waals surface area contributed by atoms with E-state index in [4.69, 9.17) is 9.40 Å². The fourth-order valence-electron chi connectivity index (χ4n) is 2.09. The summed E-state index contributed by atoms with van der Waals surface area (Å²) in [4.78, 5) is 6.87. The molecule has 116 valence electrons. The second-order valence-corrected chi connectivity index (χ2v) is 7.38. The SMILES string of the molecule is CN(C)C(CNCc1csc(C(C)(C)C)n1)c1ccco1. The number of nitrogens with one attached hydrogen (secondary N) is 1. The van der Waals surface area contributed by atoms with Crippen molar-refractivity contribution in [1.82, 2.24) is 15.2 Å². The third-order valence-electron chi connectivity index (χ3n) is 3.33. The normalized spacial score (nSPS) is 13.8. The molecule has 0 aliphatic rings. The smallest absolute Gasteiger partial charge is 0.122 e. The Morgan fingerprint density at radius 2 is 2.14 bits per heavy atom. The highest BCUT2D eigenvalue weighted by atomic mass is 32.1. The average Bonchev–Trinajstić information content (AvgIpc) is 3.04. The molecular formula is C16H25N3OS. The van der Waals surface area contributed by atoms with E-state index in [2.05, 4.69) is 50.5 Å². The maximum absolute atomic E-state index is 5.51. The Hall–Kier alpha value is -1.17. The second-order valence-electron chi connectivity index (χ2n) is 6.52. The Kier molecular flexibility index (Phi) is 5.19. The Morgan fingerprint density at radius 1 is 1.38 bits per heavy atom. The van der Waals surface area contributed by atoms with Gasteiger partial charge in [-0.2, -0.15) is 0 Å². The minimum Gasteiger partial charge on any atom is -0.468 e. The van der Waals surface area contributed by atoms with Gasteiger partial charge in [-0.15, -0.1) is 11.3 Å². The van der Waals surface area contributed by atoms with Crippen LogP contribution in [0.4, 0.5) is 0 Å². The molecule has 2 rings (SSSR count). The van der Waals surface area contributed by atoms with E-state index >= 15 is 0 Å². The number of rotatable bonds is 6. The molecule has 0 aliphatic heterocycles. The van der Waals surface area contributed by atoms with E-state index in [1.54, 1.807) is 17.6 Å². The van der Waals surface area contributed by atoms with Gasteiger partial charge in [0.25, 0.3) is 0 Å². The molecule has 2 aromatic rings. The lowest BCUT2D eigenvalue weighted by atomic mass is 9.98. The number of hydrogen-bond acceptors (Lipinski definition) is 5. The van der Waals surface area contributed by atoms with E-state index < -0.39 is 0 Å². The highest BCUT2D eigenvalue weighted by Crippen LogP contribution is 2.25. The summed E-state index contributed by atoms with van der Waals surface area (Å²) in [5, 5.41) is 6.81. The van der Waals surface area contributed by atoms with E-state index in [0.29, 0.717) is 0 Å². The number of nitrogens with zero attached hydrogens (tertiary/aromatic N) is 2. The maximum Gasteiger partial charge on any atom is 0.122 e. The van der Waals surface area contributed by atoms with E-state index in [0.717, 1.165) is 24.5 Å². The molecule has 21 heavy (non-hydrogen) atoms. The van der Waals surface area contributed by atoms with Crippen molar-refractivity contribution in [2.24, 2.45) is 0 Å². The van der Waals surface area contributed by atoms with Crippen LogP contribution >= 0.6 is 11.3 Å². The van der Waals surface area contributed by atoms with Gasteiger partial charge in [0.05, 0.1) is 23.0 Å². The van der Waals surface area contributed by atoms with E-state index in [1.165, 1.54) is 5.01 Å². The van der Waals surface area contributed by atoms with Crippen molar-refractivity contribution >= 4 is 11.3 Å². The van der Waals surface area contributed by atoms with Crippen molar-refractivity contribution in [2.45, 2.75) is 38.8 Å². The van der Waals surface area contributed by atoms with Gasteiger partial charge in [-0.3, -0.25) is 4.90 Å². The van der Waals surface area contributed by atoms with E-state index in [9.17, 15) is 0 Å². The molecule has 5 heteroatoms. The van der Waals surface area contributed by atoms with E-state index in [-0.39, 0.29) is 11.5 Å². The molecule has 0 aromatic carbocycles. The first-order valence-corrected chi connectivity index (χ1v) is 8.11. The Morgan fingerprint density at radius 3 is 2.67 bits per heavy atom. The molecular weight excluding hydrogens is 282 g/mol. The minimum atomic E-state index is 0.128. The summed E-state index contributed by atoms with van der Waals surface area (Å²) < 4.78 is 5.51. The number of hydrogen-bond donors (Lipinski definition) is 1. The third kappa shape index (κ3) is 4.40. The summed E-state index contributed by atoms with van der Waals surface area (Å²) in [5.41, 5.74) is 1.24. The van der Waals surface area contributed by atoms with Crippen LogP contribution in [0.3, 0.4) is 0 Å². The molecule has 4 nitrogen and oxygen atoms in total. The fourth-order valence-corrected chi connectivity index (χ4v) is 3.00. The van der Waals surface area contributed by atoms with Gasteiger partial charge >= 0.3 is 0 Å². The first-order chi connectivity index (χ1) is 9.88. The summed E-state index contributed by atoms with van der Waals surface area (Å²) in [6, 6.07) is 4.19. The van der Waals surface area contributed by atoms with Crippen LogP contribution in [-0.2, 0) is 12.0 Å². The highest BCUT2D eigenvalue weighted by molar-refractivity contribution is 7.09. The topological polar surface area (TPSA) is 41.3 Å². The molecule has 0 radical (unpaired) electrons. The second kappa shape index (κ2) is 6.73. The van der Waals surface area contributed by atoms with Crippen molar-refractivity contribution in [2.75, 3.05) is 20.6 Å². The van der Waals surface area contributed by atoms with Gasteiger partial charge in [-0.1, -0.05) is 20.8 Å². The van der Waals surface area contributed by atoms with Crippen LogP contribution in [-0.4, -0.2) is 30.5 Å². The Balaban J connectivity index is 1.90. The first-order valence-electron chi connectivity index (χ1n) is 7.23. The molecule has 0 saturated carbocycles. The summed E-state index contributed by atoms with van der Waals surface area (Å²) in [6.07, 6.45) is 1.72. The largest absolute Gasteiger partial charge is 0.468 e. The molecule has 0 saturated heterocycles. The zero-order chi connectivity index (χ0) is 15.5. The monoisotopic (exact) mass is 307 g/mol. The molecule has 0 aliphatic carbocycles. The maximum atomic E-state index is 5.51. The molecule has 2 heterocycles. The van der Waals surface area contributed by atoms with Crippen molar-refractivity contribution in [3.63, 3.8) is 0 Å². The lowest BCUT2D eigenvalue weighted by molar-refractivity contribution is 0.250. The van der Waals surface area contributed by atoms with Gasteiger partial charge in [-0.25, -0.2) is 4.98 Å². The van der Waals surface area contributed by atoms with Crippen LogP contribution in [0.5, 0.6) is 0 Å². The summed E-state index contributed by atoms with van der Waals surface area (Å²) in [6.45, 7) is 8.21. The molecule has 0 spiro atoms. The fraction of sp³-hybridized carbons (Fsp3) is 0.562. The zero-order valence-electron chi connectivity index (χ0n) is 13.5. The molecule has 0 amide bonds. The molecule has 0 bridgehead atoms. The van der Waals surface area contributed by atoms with Crippen LogP contribution < -0.4 is 5.32 Å². The molecule has 1 atom stereocenters. The molecule has 1 unspecified atom stereocenters. The Labute approximate surface area is 131 Å². The van der Waals surface area contributed by atoms with Gasteiger partial charge in [0, 0.05) is 23.9 Å². The van der Waals surface area contributed by atoms with Crippen LogP contribution in [0.15, 0.2) is 28.2 Å². The van der Waals surface area contributed by atoms with Gasteiger partial charge in [0.2, 0.25) is 0 Å². The van der Waals surface area contributed by atoms with Crippen LogP contribution in [0.2, 0.25) is 0 Å². The average molecular weight is 307 g/mol. The predicted octanol–water partition coefficient (Wildman–Crippen LogP) is 3.43. The van der Waals surface area contributed by atoms with Gasteiger partial charge < -0.3 is 9.73 Å². The lowest BCUT2D eigenvalue weighted by Gasteiger charge is -2.22. The van der Waals surface area contributed by atoms with Crippen LogP contribution in [0.25, 0.3) is 0 Å². The lowest BCUT2D eigenvalue weighted by Crippen LogP contribution is -2.30. The van der Waals surface area contributed by atoms with Crippen molar-refractivity contribution in [1.29, 1.82) is 0 Å². The number of aromatic nitrogens is 1. The molecule has 2 aromatic heterocycles. The zero-order valence-corrected chi connectivity index (χ0v) is 14.3. The summed E-state index contributed by atoms with van der Waals surface area (Å²) in [5.74, 6) is 0.987. The highest BCUT2D eigenvalue weighted by Gasteiger charge is 2.19. The Bertz CT molecular complexity index is 540. The standard InChI is InChI=1S/C16H25N3OS/c1-16(2,3)15-18-12(11-21-15)9-17-10-13(19(4)5)14-7-6-8-20-14/h6-8,11,13,17H,9-10H2,1-5H3. The van der Waals surface area contributed by atoms with Gasteiger partial charge in [0.1, 0.15) is 5.76 Å². The van der Waals surface area contributed by atoms with Crippen LogP contribution in [0.1, 0.15) is 43.3 Å². The van der Waals surface area contributed by atoms with E-state index in [1.807, 2.05) is 12.1 Å². The summed E-state index contributed by atoms with van der Waals surface area (Å²) in [7, 11) is 4.13. The number of likely N-dealkylation sites (N-methyl/N-ethyl adjacent to an activating group) is 1.